The van der Waals surface area contributed by atoms with Crippen LogP contribution in [0.2, 0.25) is 5.02 Å². The van der Waals surface area contributed by atoms with Crippen LogP contribution in [0.5, 0.6) is 11.5 Å². The molecule has 3 rings (SSSR count). The second-order valence-electron chi connectivity index (χ2n) is 6.33. The second kappa shape index (κ2) is 7.90. The van der Waals surface area contributed by atoms with E-state index in [9.17, 15) is 15.0 Å². The van der Waals surface area contributed by atoms with Crippen LogP contribution in [0.3, 0.4) is 0 Å². The quantitative estimate of drug-likeness (QED) is 0.592. The van der Waals surface area contributed by atoms with E-state index in [1.54, 1.807) is 37.3 Å². The lowest BCUT2D eigenvalue weighted by Gasteiger charge is -2.15. The standard InChI is InChI=1S/C20H20ClN3O4/c1-4-5-14(11(2)20(26)27)12-8-17(19(25)18(9-12)28-3)24-22-15-7-6-13(21)10-16(15)23-24/h6-10,25H,4-5H2,1-3H3,(H,26,27). The number of nitrogens with zero attached hydrogens (tertiary/aromatic N) is 3. The van der Waals surface area contributed by atoms with Crippen LogP contribution in [-0.4, -0.2) is 38.3 Å². The van der Waals surface area contributed by atoms with Crippen molar-refractivity contribution in [3.05, 3.63) is 46.5 Å². The first kappa shape index (κ1) is 19.7. The first-order valence-electron chi connectivity index (χ1n) is 8.73. The third-order valence-electron chi connectivity index (χ3n) is 4.45. The summed E-state index contributed by atoms with van der Waals surface area (Å²) in [5.74, 6) is -0.921. The number of hydrogen-bond donors (Lipinski definition) is 2. The van der Waals surface area contributed by atoms with Crippen LogP contribution >= 0.6 is 11.6 Å². The van der Waals surface area contributed by atoms with Gasteiger partial charge in [-0.3, -0.25) is 0 Å². The summed E-state index contributed by atoms with van der Waals surface area (Å²) in [6, 6.07) is 8.40. The predicted octanol–water partition coefficient (Wildman–Crippen LogP) is 4.45. The summed E-state index contributed by atoms with van der Waals surface area (Å²) in [7, 11) is 1.43. The number of rotatable bonds is 6. The maximum absolute atomic E-state index is 11.5. The van der Waals surface area contributed by atoms with Gasteiger partial charge in [-0.1, -0.05) is 24.9 Å². The fraction of sp³-hybridized carbons (Fsp3) is 0.250. The molecular formula is C20H20ClN3O4. The van der Waals surface area contributed by atoms with Gasteiger partial charge in [0.15, 0.2) is 11.5 Å². The second-order valence-corrected chi connectivity index (χ2v) is 6.76. The van der Waals surface area contributed by atoms with Crippen molar-refractivity contribution >= 4 is 34.2 Å². The maximum Gasteiger partial charge on any atom is 0.331 e. The molecule has 0 saturated heterocycles. The third kappa shape index (κ3) is 3.66. The van der Waals surface area contributed by atoms with Gasteiger partial charge in [0, 0.05) is 10.6 Å². The van der Waals surface area contributed by atoms with Crippen molar-refractivity contribution < 1.29 is 19.7 Å². The minimum absolute atomic E-state index is 0.138. The number of phenolic OH excluding ortho intramolecular Hbond substituents is 1. The Morgan fingerprint density at radius 3 is 2.57 bits per heavy atom. The van der Waals surface area contributed by atoms with Crippen LogP contribution in [0, 0.1) is 0 Å². The molecule has 7 nitrogen and oxygen atoms in total. The molecule has 0 aliphatic carbocycles. The summed E-state index contributed by atoms with van der Waals surface area (Å²) in [5.41, 5.74) is 3.00. The summed E-state index contributed by atoms with van der Waals surface area (Å²) in [6.45, 7) is 3.54. The molecule has 3 aromatic rings. The highest BCUT2D eigenvalue weighted by Gasteiger charge is 2.19. The van der Waals surface area contributed by atoms with Crippen LogP contribution in [0.4, 0.5) is 0 Å². The van der Waals surface area contributed by atoms with Crippen LogP contribution in [-0.2, 0) is 4.79 Å². The number of phenols is 1. The molecule has 146 valence electrons. The molecule has 1 heterocycles. The predicted molar refractivity (Wildman–Crippen MR) is 107 cm³/mol. The lowest BCUT2D eigenvalue weighted by molar-refractivity contribution is -0.132. The molecule has 0 fully saturated rings. The number of ether oxygens (including phenoxy) is 1. The molecule has 8 heteroatoms. The van der Waals surface area contributed by atoms with E-state index in [1.807, 2.05) is 6.92 Å². The van der Waals surface area contributed by atoms with E-state index in [4.69, 9.17) is 16.3 Å². The van der Waals surface area contributed by atoms with Crippen LogP contribution < -0.4 is 4.74 Å². The van der Waals surface area contributed by atoms with Crippen molar-refractivity contribution in [3.8, 4) is 17.2 Å². The van der Waals surface area contributed by atoms with Crippen molar-refractivity contribution in [1.82, 2.24) is 15.0 Å². The lowest BCUT2D eigenvalue weighted by Crippen LogP contribution is -2.04. The molecule has 0 atom stereocenters. The molecule has 0 aliphatic heterocycles. The van der Waals surface area contributed by atoms with E-state index in [1.165, 1.54) is 11.9 Å². The van der Waals surface area contributed by atoms with Crippen molar-refractivity contribution in [2.45, 2.75) is 26.7 Å². The maximum atomic E-state index is 11.5. The van der Waals surface area contributed by atoms with Gasteiger partial charge in [-0.05, 0) is 54.8 Å². The van der Waals surface area contributed by atoms with Crippen molar-refractivity contribution in [3.63, 3.8) is 0 Å². The molecule has 0 unspecified atom stereocenters. The average molecular weight is 402 g/mol. The molecule has 1 aromatic heterocycles. The number of aromatic hydroxyl groups is 1. The van der Waals surface area contributed by atoms with Crippen LogP contribution in [0.1, 0.15) is 32.3 Å². The molecule has 2 N–H and O–H groups in total. The van der Waals surface area contributed by atoms with Gasteiger partial charge >= 0.3 is 5.97 Å². The number of halogens is 1. The minimum atomic E-state index is -0.991. The zero-order chi connectivity index (χ0) is 20.4. The number of fused-ring (bicyclic) bond motifs is 1. The Labute approximate surface area is 166 Å². The molecule has 2 aromatic carbocycles. The molecule has 0 bridgehead atoms. The van der Waals surface area contributed by atoms with Gasteiger partial charge in [-0.2, -0.15) is 0 Å². The summed E-state index contributed by atoms with van der Waals surface area (Å²) < 4.78 is 5.30. The molecule has 0 radical (unpaired) electrons. The molecule has 28 heavy (non-hydrogen) atoms. The van der Waals surface area contributed by atoms with E-state index in [0.29, 0.717) is 33.6 Å². The lowest BCUT2D eigenvalue weighted by atomic mass is 9.95. The number of carboxylic acid groups (broad SMARTS) is 1. The largest absolute Gasteiger partial charge is 0.503 e. The van der Waals surface area contributed by atoms with Gasteiger partial charge in [0.25, 0.3) is 0 Å². The smallest absolute Gasteiger partial charge is 0.331 e. The van der Waals surface area contributed by atoms with Gasteiger partial charge < -0.3 is 14.9 Å². The molecular weight excluding hydrogens is 382 g/mol. The Kier molecular flexibility index (Phi) is 5.56. The number of aliphatic carboxylic acids is 1. The van der Waals surface area contributed by atoms with E-state index >= 15 is 0 Å². The number of carboxylic acids is 1. The van der Waals surface area contributed by atoms with Gasteiger partial charge in [-0.25, -0.2) is 4.79 Å². The Hall–Kier alpha value is -3.06. The summed E-state index contributed by atoms with van der Waals surface area (Å²) in [4.78, 5) is 12.8. The molecule has 0 saturated carbocycles. The van der Waals surface area contributed by atoms with Crippen LogP contribution in [0.15, 0.2) is 35.9 Å². The Balaban J connectivity index is 2.24. The number of carbonyl (C=O) groups is 1. The number of methoxy groups -OCH3 is 1. The minimum Gasteiger partial charge on any atom is -0.503 e. The molecule has 0 spiro atoms. The normalized spacial score (nSPS) is 12.1. The zero-order valence-electron chi connectivity index (χ0n) is 15.7. The van der Waals surface area contributed by atoms with Crippen molar-refractivity contribution in [2.24, 2.45) is 0 Å². The number of aromatic nitrogens is 3. The molecule has 0 amide bonds. The van der Waals surface area contributed by atoms with E-state index in [-0.39, 0.29) is 22.8 Å². The van der Waals surface area contributed by atoms with Crippen molar-refractivity contribution in [2.75, 3.05) is 7.11 Å². The SMILES string of the molecule is CCCC(=C(C)C(=O)O)c1cc(OC)c(O)c(-n2nc3ccc(Cl)cc3n2)c1. The topological polar surface area (TPSA) is 97.5 Å². The first-order chi connectivity index (χ1) is 13.3. The fourth-order valence-corrected chi connectivity index (χ4v) is 3.16. The highest BCUT2D eigenvalue weighted by Crippen LogP contribution is 2.38. The van der Waals surface area contributed by atoms with Gasteiger partial charge in [0.1, 0.15) is 16.7 Å². The summed E-state index contributed by atoms with van der Waals surface area (Å²) >= 11 is 6.01. The fourth-order valence-electron chi connectivity index (χ4n) is 3.00. The molecule has 0 aliphatic rings. The van der Waals surface area contributed by atoms with Crippen molar-refractivity contribution in [1.29, 1.82) is 0 Å². The number of allylic oxidation sites excluding steroid dienone is 1. The Morgan fingerprint density at radius 2 is 1.93 bits per heavy atom. The van der Waals surface area contributed by atoms with E-state index in [0.717, 1.165) is 6.42 Å². The number of hydrogen-bond acceptors (Lipinski definition) is 5. The highest BCUT2D eigenvalue weighted by atomic mass is 35.5. The highest BCUT2D eigenvalue weighted by molar-refractivity contribution is 6.31. The zero-order valence-corrected chi connectivity index (χ0v) is 16.5. The Bertz CT molecular complexity index is 1090. The van der Waals surface area contributed by atoms with Gasteiger partial charge in [-0.15, -0.1) is 15.0 Å². The third-order valence-corrected chi connectivity index (χ3v) is 4.69. The van der Waals surface area contributed by atoms with Crippen LogP contribution in [0.25, 0.3) is 22.3 Å². The first-order valence-corrected chi connectivity index (χ1v) is 9.10. The van der Waals surface area contributed by atoms with E-state index in [2.05, 4.69) is 10.2 Å². The van der Waals surface area contributed by atoms with E-state index < -0.39 is 5.97 Å². The van der Waals surface area contributed by atoms with Gasteiger partial charge in [0.05, 0.1) is 7.11 Å². The monoisotopic (exact) mass is 401 g/mol. The van der Waals surface area contributed by atoms with Gasteiger partial charge in [0.2, 0.25) is 0 Å². The average Bonchev–Trinajstić information content (AvgIpc) is 3.08. The Morgan fingerprint density at radius 1 is 1.21 bits per heavy atom. The number of benzene rings is 2. The summed E-state index contributed by atoms with van der Waals surface area (Å²) in [6.07, 6.45) is 1.33. The summed E-state index contributed by atoms with van der Waals surface area (Å²) in [5, 5.41) is 29.4.